The molecule has 2 fully saturated rings. The van der Waals surface area contributed by atoms with E-state index in [1.54, 1.807) is 11.9 Å². The van der Waals surface area contributed by atoms with E-state index in [9.17, 15) is 43.9 Å². The Bertz CT molecular complexity index is 639. The zero-order valence-corrected chi connectivity index (χ0v) is 17.1. The van der Waals surface area contributed by atoms with Gasteiger partial charge in [-0.25, -0.2) is 22.0 Å². The highest BCUT2D eigenvalue weighted by molar-refractivity contribution is 5.04. The Kier molecular flexibility index (Phi) is 7.70. The molecule has 4 nitrogen and oxygen atoms in total. The summed E-state index contributed by atoms with van der Waals surface area (Å²) in [6.07, 6.45) is -22.7. The molecule has 0 radical (unpaired) electrons. The topological polar surface area (TPSA) is 24.9 Å². The smallest absolute Gasteiger partial charge is 0.378 e. The van der Waals surface area contributed by atoms with Crippen LogP contribution in [0.25, 0.3) is 0 Å². The Morgan fingerprint density at radius 1 is 0.875 bits per heavy atom. The Morgan fingerprint density at radius 2 is 1.41 bits per heavy atom. The maximum atomic E-state index is 15.3. The number of rotatable bonds is 5. The van der Waals surface area contributed by atoms with Crippen molar-refractivity contribution >= 4 is 0 Å². The fourth-order valence-electron chi connectivity index (χ4n) is 3.50. The molecule has 0 N–H and O–H groups in total. The average molecular weight is 496 g/mol. The monoisotopic (exact) mass is 496 g/mol. The molecule has 0 aliphatic carbocycles. The standard InChI is InChI=1S/C17H23F11N2O2/c1-13(15(21,22)11(18)16(23,24)25)8-31-7-10(32-9-13)14(20,17(26,27)28)12(19)30-5-3-29(2)4-6-30/h10-12H,3-9H2,1-2H3. The molecule has 2 aliphatic rings. The maximum absolute atomic E-state index is 15.3. The highest BCUT2D eigenvalue weighted by Gasteiger charge is 2.71. The number of nitrogens with zero attached hydrogens (tertiary/aromatic N) is 2. The second-order valence-corrected chi connectivity index (χ2v) is 8.34. The third-order valence-corrected chi connectivity index (χ3v) is 5.81. The van der Waals surface area contributed by atoms with Gasteiger partial charge < -0.3 is 14.4 Å². The first-order chi connectivity index (χ1) is 14.4. The van der Waals surface area contributed by atoms with Crippen LogP contribution in [0.3, 0.4) is 0 Å². The molecule has 0 amide bonds. The van der Waals surface area contributed by atoms with E-state index in [1.807, 2.05) is 0 Å². The van der Waals surface area contributed by atoms with Crippen LogP contribution in [0.1, 0.15) is 6.92 Å². The third kappa shape index (κ3) is 4.94. The van der Waals surface area contributed by atoms with Gasteiger partial charge in [0.1, 0.15) is 6.10 Å². The van der Waals surface area contributed by atoms with Gasteiger partial charge in [0.2, 0.25) is 0 Å². The van der Waals surface area contributed by atoms with E-state index in [1.165, 1.54) is 0 Å². The van der Waals surface area contributed by atoms with E-state index in [0.29, 0.717) is 11.8 Å². The van der Waals surface area contributed by atoms with Crippen LogP contribution < -0.4 is 0 Å². The second kappa shape index (κ2) is 9.02. The molecular weight excluding hydrogens is 473 g/mol. The second-order valence-electron chi connectivity index (χ2n) is 8.34. The molecule has 0 saturated carbocycles. The van der Waals surface area contributed by atoms with Gasteiger partial charge in [-0.3, -0.25) is 4.90 Å². The molecule has 190 valence electrons. The molecule has 15 heteroatoms. The Labute approximate surface area is 176 Å². The molecule has 32 heavy (non-hydrogen) atoms. The Morgan fingerprint density at radius 3 is 1.88 bits per heavy atom. The first-order valence-corrected chi connectivity index (χ1v) is 9.48. The van der Waals surface area contributed by atoms with Crippen molar-refractivity contribution in [3.63, 3.8) is 0 Å². The third-order valence-electron chi connectivity index (χ3n) is 5.81. The number of halogens is 11. The summed E-state index contributed by atoms with van der Waals surface area (Å²) in [5.41, 5.74) is -7.86. The summed E-state index contributed by atoms with van der Waals surface area (Å²) < 4.78 is 160. The molecule has 2 heterocycles. The maximum Gasteiger partial charge on any atom is 0.429 e. The summed E-state index contributed by atoms with van der Waals surface area (Å²) >= 11 is 0. The molecule has 0 aromatic heterocycles. The summed E-state index contributed by atoms with van der Waals surface area (Å²) in [6.45, 7) is -4.33. The van der Waals surface area contributed by atoms with E-state index in [0.717, 1.165) is 0 Å². The zero-order chi connectivity index (χ0) is 24.8. The number of hydrogen-bond acceptors (Lipinski definition) is 4. The summed E-state index contributed by atoms with van der Waals surface area (Å²) in [4.78, 5) is 2.22. The quantitative estimate of drug-likeness (QED) is 0.428. The summed E-state index contributed by atoms with van der Waals surface area (Å²) in [7, 11) is 1.61. The van der Waals surface area contributed by atoms with Crippen molar-refractivity contribution in [3.05, 3.63) is 0 Å². The Hall–Kier alpha value is -0.930. The van der Waals surface area contributed by atoms with Gasteiger partial charge in [-0.05, 0) is 14.0 Å². The van der Waals surface area contributed by atoms with Crippen molar-refractivity contribution in [2.75, 3.05) is 53.0 Å². The summed E-state index contributed by atoms with van der Waals surface area (Å²) in [5.74, 6) is -5.19. The fraction of sp³-hybridized carbons (Fsp3) is 1.00. The van der Waals surface area contributed by atoms with Crippen LogP contribution in [-0.4, -0.2) is 105 Å². The number of ether oxygens (including phenoxy) is 2. The lowest BCUT2D eigenvalue weighted by Gasteiger charge is -2.43. The molecule has 0 aromatic rings. The van der Waals surface area contributed by atoms with E-state index < -0.39 is 67.8 Å². The van der Waals surface area contributed by atoms with Crippen molar-refractivity contribution in [1.82, 2.24) is 9.80 Å². The molecule has 0 bridgehead atoms. The Balaban J connectivity index is 2.29. The van der Waals surface area contributed by atoms with Crippen molar-refractivity contribution < 1.29 is 57.8 Å². The first kappa shape index (κ1) is 27.3. The van der Waals surface area contributed by atoms with Crippen LogP contribution in [0.15, 0.2) is 0 Å². The molecule has 2 rings (SSSR count). The van der Waals surface area contributed by atoms with Crippen molar-refractivity contribution in [2.24, 2.45) is 5.41 Å². The van der Waals surface area contributed by atoms with Gasteiger partial charge in [-0.15, -0.1) is 0 Å². The van der Waals surface area contributed by atoms with Crippen molar-refractivity contribution in [1.29, 1.82) is 0 Å². The van der Waals surface area contributed by atoms with Crippen LogP contribution in [0.2, 0.25) is 0 Å². The highest BCUT2D eigenvalue weighted by Crippen LogP contribution is 2.49. The molecule has 2 aliphatic heterocycles. The first-order valence-electron chi connectivity index (χ1n) is 9.48. The molecule has 0 aromatic carbocycles. The lowest BCUT2D eigenvalue weighted by atomic mass is 9.82. The minimum Gasteiger partial charge on any atom is -0.378 e. The van der Waals surface area contributed by atoms with Gasteiger partial charge in [-0.1, -0.05) is 0 Å². The normalized spacial score (nSPS) is 31.6. The minimum atomic E-state index is -5.99. The lowest BCUT2D eigenvalue weighted by Crippen LogP contribution is -2.66. The number of likely N-dealkylation sites (N-methyl/N-ethyl adjacent to an activating group) is 1. The minimum absolute atomic E-state index is 0.121. The van der Waals surface area contributed by atoms with Crippen molar-refractivity contribution in [3.8, 4) is 0 Å². The van der Waals surface area contributed by atoms with E-state index in [4.69, 9.17) is 0 Å². The predicted octanol–water partition coefficient (Wildman–Crippen LogP) is 3.76. The average Bonchev–Trinajstić information content (AvgIpc) is 2.88. The van der Waals surface area contributed by atoms with Crippen LogP contribution >= 0.6 is 0 Å². The summed E-state index contributed by atoms with van der Waals surface area (Å²) in [5, 5.41) is 0. The van der Waals surface area contributed by atoms with Gasteiger partial charge in [0.25, 0.3) is 17.8 Å². The van der Waals surface area contributed by atoms with E-state index in [-0.39, 0.29) is 26.2 Å². The van der Waals surface area contributed by atoms with Gasteiger partial charge in [0.05, 0.1) is 25.2 Å². The molecule has 5 atom stereocenters. The van der Waals surface area contributed by atoms with E-state index in [2.05, 4.69) is 9.47 Å². The van der Waals surface area contributed by atoms with Gasteiger partial charge in [0.15, 0.2) is 6.30 Å². The van der Waals surface area contributed by atoms with E-state index >= 15 is 4.39 Å². The van der Waals surface area contributed by atoms with Crippen molar-refractivity contribution in [2.45, 2.75) is 49.4 Å². The van der Waals surface area contributed by atoms with Crippen LogP contribution in [0, 0.1) is 5.41 Å². The van der Waals surface area contributed by atoms with Crippen LogP contribution in [0.4, 0.5) is 48.3 Å². The fourth-order valence-corrected chi connectivity index (χ4v) is 3.50. The lowest BCUT2D eigenvalue weighted by molar-refractivity contribution is -0.310. The largest absolute Gasteiger partial charge is 0.429 e. The molecular formula is C17H23F11N2O2. The van der Waals surface area contributed by atoms with Gasteiger partial charge in [0, 0.05) is 26.2 Å². The highest BCUT2D eigenvalue weighted by atomic mass is 19.4. The number of piperazine rings is 1. The van der Waals surface area contributed by atoms with Gasteiger partial charge in [-0.2, -0.15) is 26.3 Å². The van der Waals surface area contributed by atoms with Crippen LogP contribution in [0.5, 0.6) is 0 Å². The number of alkyl halides is 11. The van der Waals surface area contributed by atoms with Gasteiger partial charge >= 0.3 is 12.4 Å². The SMILES string of the molecule is CN1CCN(C(F)C(F)(C2COCC(C)(C(F)(F)C(F)C(F)(F)F)CO2)C(F)(F)F)CC1. The summed E-state index contributed by atoms with van der Waals surface area (Å²) in [6, 6.07) is 0. The zero-order valence-electron chi connectivity index (χ0n) is 17.1. The predicted molar refractivity (Wildman–Crippen MR) is 88.4 cm³/mol. The number of hydrogen-bond donors (Lipinski definition) is 0. The van der Waals surface area contributed by atoms with Crippen LogP contribution in [-0.2, 0) is 9.47 Å². The molecule has 0 spiro atoms. The molecule has 2 saturated heterocycles. The molecule has 5 unspecified atom stereocenters.